The fraction of sp³-hybridized carbons (Fsp3) is 0.462. The summed E-state index contributed by atoms with van der Waals surface area (Å²) in [5.74, 6) is 0.651. The van der Waals surface area contributed by atoms with E-state index >= 15 is 0 Å². The van der Waals surface area contributed by atoms with Gasteiger partial charge in [-0.05, 0) is 12.1 Å². The maximum atomic E-state index is 12.0. The van der Waals surface area contributed by atoms with Gasteiger partial charge in [-0.25, -0.2) is 0 Å². The van der Waals surface area contributed by atoms with Crippen LogP contribution < -0.4 is 4.90 Å². The van der Waals surface area contributed by atoms with Crippen LogP contribution in [0.3, 0.4) is 0 Å². The van der Waals surface area contributed by atoms with Gasteiger partial charge in [-0.1, -0.05) is 12.1 Å². The molecule has 1 aromatic rings. The minimum atomic E-state index is -0.0149. The third kappa shape index (κ3) is 2.39. The molecular formula is C13H15NO3S. The lowest BCUT2D eigenvalue weighted by molar-refractivity contribution is -0.118. The molecule has 1 aromatic carbocycles. The van der Waals surface area contributed by atoms with Crippen LogP contribution in [0.2, 0.25) is 0 Å². The van der Waals surface area contributed by atoms with E-state index in [0.29, 0.717) is 32.1 Å². The van der Waals surface area contributed by atoms with Gasteiger partial charge in [0.1, 0.15) is 0 Å². The SMILES string of the molecule is O=C1CSc2ccccc2N1C[C@@H]1COCCO1. The van der Waals surface area contributed by atoms with Crippen LogP contribution in [0.25, 0.3) is 0 Å². The molecule has 5 heteroatoms. The Hall–Kier alpha value is -1.04. The average molecular weight is 265 g/mol. The van der Waals surface area contributed by atoms with Gasteiger partial charge in [-0.15, -0.1) is 11.8 Å². The summed E-state index contributed by atoms with van der Waals surface area (Å²) in [7, 11) is 0. The van der Waals surface area contributed by atoms with Crippen LogP contribution in [0.1, 0.15) is 0 Å². The predicted molar refractivity (Wildman–Crippen MR) is 70.1 cm³/mol. The third-order valence-electron chi connectivity index (χ3n) is 3.08. The number of hydrogen-bond donors (Lipinski definition) is 0. The second-order valence-electron chi connectivity index (χ2n) is 4.33. The van der Waals surface area contributed by atoms with Crippen LogP contribution in [0.15, 0.2) is 29.2 Å². The van der Waals surface area contributed by atoms with Crippen molar-refractivity contribution in [1.82, 2.24) is 0 Å². The summed E-state index contributed by atoms with van der Waals surface area (Å²) in [4.78, 5) is 15.0. The van der Waals surface area contributed by atoms with Crippen LogP contribution in [0.5, 0.6) is 0 Å². The molecule has 18 heavy (non-hydrogen) atoms. The summed E-state index contributed by atoms with van der Waals surface area (Å²) in [5.41, 5.74) is 0.993. The highest BCUT2D eigenvalue weighted by molar-refractivity contribution is 8.00. The first kappa shape index (κ1) is 12.0. The van der Waals surface area contributed by atoms with Crippen LogP contribution in [0.4, 0.5) is 5.69 Å². The summed E-state index contributed by atoms with van der Waals surface area (Å²) in [6.45, 7) is 2.41. The van der Waals surface area contributed by atoms with E-state index in [9.17, 15) is 4.79 Å². The number of thioether (sulfide) groups is 1. The van der Waals surface area contributed by atoms with E-state index in [0.717, 1.165) is 10.6 Å². The molecule has 2 aliphatic rings. The quantitative estimate of drug-likeness (QED) is 0.813. The highest BCUT2D eigenvalue weighted by atomic mass is 32.2. The van der Waals surface area contributed by atoms with Crippen molar-refractivity contribution >= 4 is 23.4 Å². The van der Waals surface area contributed by atoms with E-state index < -0.39 is 0 Å². The second-order valence-corrected chi connectivity index (χ2v) is 5.35. The Morgan fingerprint density at radius 2 is 2.22 bits per heavy atom. The lowest BCUT2D eigenvalue weighted by atomic mass is 10.2. The fourth-order valence-electron chi connectivity index (χ4n) is 2.20. The van der Waals surface area contributed by atoms with Gasteiger partial charge in [0, 0.05) is 4.90 Å². The zero-order chi connectivity index (χ0) is 12.4. The van der Waals surface area contributed by atoms with Crippen LogP contribution in [-0.4, -0.2) is 44.1 Å². The standard InChI is InChI=1S/C13H15NO3S/c15-13-9-18-12-4-2-1-3-11(12)14(13)7-10-8-16-5-6-17-10/h1-4,10H,5-9H2/t10-/m1/s1. The maximum Gasteiger partial charge on any atom is 0.237 e. The number of carbonyl (C=O) groups is 1. The van der Waals surface area contributed by atoms with Gasteiger partial charge < -0.3 is 14.4 Å². The molecule has 0 saturated carbocycles. The highest BCUT2D eigenvalue weighted by Gasteiger charge is 2.28. The molecule has 0 bridgehead atoms. The molecule has 2 aliphatic heterocycles. The van der Waals surface area contributed by atoms with Crippen LogP contribution in [-0.2, 0) is 14.3 Å². The molecule has 1 amide bonds. The molecule has 0 aromatic heterocycles. The Labute approximate surface area is 110 Å². The number of ether oxygens (including phenoxy) is 2. The summed E-state index contributed by atoms with van der Waals surface area (Å²) < 4.78 is 11.0. The Balaban J connectivity index is 1.79. The van der Waals surface area contributed by atoms with Gasteiger partial charge >= 0.3 is 0 Å². The summed E-state index contributed by atoms with van der Waals surface area (Å²) in [6, 6.07) is 8.00. The van der Waals surface area contributed by atoms with E-state index in [1.54, 1.807) is 11.8 Å². The van der Waals surface area contributed by atoms with Crippen molar-refractivity contribution in [3.8, 4) is 0 Å². The lowest BCUT2D eigenvalue weighted by Gasteiger charge is -2.33. The lowest BCUT2D eigenvalue weighted by Crippen LogP contribution is -2.45. The number of rotatable bonds is 2. The van der Waals surface area contributed by atoms with Crippen molar-refractivity contribution in [2.45, 2.75) is 11.0 Å². The first-order chi connectivity index (χ1) is 8.84. The van der Waals surface area contributed by atoms with Crippen molar-refractivity contribution < 1.29 is 14.3 Å². The smallest absolute Gasteiger partial charge is 0.237 e. The van der Waals surface area contributed by atoms with Gasteiger partial charge in [0.25, 0.3) is 0 Å². The Kier molecular flexibility index (Phi) is 3.54. The largest absolute Gasteiger partial charge is 0.376 e. The summed E-state index contributed by atoms with van der Waals surface area (Å²) in [6.07, 6.45) is -0.0149. The molecule has 3 rings (SSSR count). The van der Waals surface area contributed by atoms with Crippen molar-refractivity contribution in [2.75, 3.05) is 37.0 Å². The number of anilines is 1. The first-order valence-corrected chi connectivity index (χ1v) is 7.05. The van der Waals surface area contributed by atoms with Gasteiger partial charge in [0.15, 0.2) is 0 Å². The van der Waals surface area contributed by atoms with Crippen molar-refractivity contribution in [3.63, 3.8) is 0 Å². The number of nitrogens with zero attached hydrogens (tertiary/aromatic N) is 1. The zero-order valence-electron chi connectivity index (χ0n) is 10.0. The molecule has 0 aliphatic carbocycles. The van der Waals surface area contributed by atoms with Crippen LogP contribution >= 0.6 is 11.8 Å². The Bertz CT molecular complexity index is 446. The molecule has 0 N–H and O–H groups in total. The third-order valence-corrected chi connectivity index (χ3v) is 4.13. The molecule has 1 saturated heterocycles. The molecular weight excluding hydrogens is 250 g/mol. The molecule has 0 radical (unpaired) electrons. The first-order valence-electron chi connectivity index (χ1n) is 6.06. The normalized spacial score (nSPS) is 23.9. The molecule has 4 nitrogen and oxygen atoms in total. The minimum absolute atomic E-state index is 0.0149. The maximum absolute atomic E-state index is 12.0. The second kappa shape index (κ2) is 5.30. The minimum Gasteiger partial charge on any atom is -0.376 e. The van der Waals surface area contributed by atoms with Gasteiger partial charge in [-0.3, -0.25) is 4.79 Å². The van der Waals surface area contributed by atoms with Gasteiger partial charge in [0.05, 0.1) is 43.9 Å². The molecule has 0 unspecified atom stereocenters. The zero-order valence-corrected chi connectivity index (χ0v) is 10.8. The van der Waals surface area contributed by atoms with E-state index in [2.05, 4.69) is 6.07 Å². The number of carbonyl (C=O) groups excluding carboxylic acids is 1. The van der Waals surface area contributed by atoms with E-state index in [1.165, 1.54) is 0 Å². The number of benzene rings is 1. The number of para-hydroxylation sites is 1. The monoisotopic (exact) mass is 265 g/mol. The number of amides is 1. The van der Waals surface area contributed by atoms with Crippen molar-refractivity contribution in [2.24, 2.45) is 0 Å². The van der Waals surface area contributed by atoms with Crippen molar-refractivity contribution in [1.29, 1.82) is 0 Å². The molecule has 1 fully saturated rings. The summed E-state index contributed by atoms with van der Waals surface area (Å²) in [5, 5.41) is 0. The van der Waals surface area contributed by atoms with E-state index in [-0.39, 0.29) is 12.0 Å². The Morgan fingerprint density at radius 1 is 1.33 bits per heavy atom. The van der Waals surface area contributed by atoms with E-state index in [4.69, 9.17) is 9.47 Å². The summed E-state index contributed by atoms with van der Waals surface area (Å²) >= 11 is 1.60. The van der Waals surface area contributed by atoms with E-state index in [1.807, 2.05) is 23.1 Å². The molecule has 1 atom stereocenters. The van der Waals surface area contributed by atoms with Gasteiger partial charge in [0.2, 0.25) is 5.91 Å². The number of hydrogen-bond acceptors (Lipinski definition) is 4. The Morgan fingerprint density at radius 3 is 3.06 bits per heavy atom. The molecule has 0 spiro atoms. The topological polar surface area (TPSA) is 38.8 Å². The van der Waals surface area contributed by atoms with Gasteiger partial charge in [-0.2, -0.15) is 0 Å². The number of fused-ring (bicyclic) bond motifs is 1. The highest BCUT2D eigenvalue weighted by Crippen LogP contribution is 2.35. The fourth-order valence-corrected chi connectivity index (χ4v) is 3.14. The van der Waals surface area contributed by atoms with Crippen molar-refractivity contribution in [3.05, 3.63) is 24.3 Å². The average Bonchev–Trinajstić information content (AvgIpc) is 2.43. The van der Waals surface area contributed by atoms with Crippen LogP contribution in [0, 0.1) is 0 Å². The molecule has 2 heterocycles. The molecule has 96 valence electrons. The predicted octanol–water partition coefficient (Wildman–Crippen LogP) is 1.54.